The molecule has 2 saturated heterocycles. The third kappa shape index (κ3) is 3.24. The van der Waals surface area contributed by atoms with Crippen LogP contribution >= 0.6 is 0 Å². The Balaban J connectivity index is 1.57. The van der Waals surface area contributed by atoms with Gasteiger partial charge >= 0.3 is 0 Å². The number of hydrogen-bond donors (Lipinski definition) is 0. The van der Waals surface area contributed by atoms with Crippen molar-refractivity contribution >= 4 is 11.8 Å². The highest BCUT2D eigenvalue weighted by Gasteiger charge is 2.45. The van der Waals surface area contributed by atoms with Gasteiger partial charge in [-0.05, 0) is 43.4 Å². The van der Waals surface area contributed by atoms with E-state index in [0.29, 0.717) is 13.1 Å². The molecule has 0 N–H and O–H groups in total. The molecule has 0 spiro atoms. The number of amides is 2. The smallest absolute Gasteiger partial charge is 0.228 e. The molecule has 3 fully saturated rings. The van der Waals surface area contributed by atoms with Crippen LogP contribution < -0.4 is 4.74 Å². The molecule has 134 valence electrons. The van der Waals surface area contributed by atoms with Crippen molar-refractivity contribution < 1.29 is 14.3 Å². The van der Waals surface area contributed by atoms with Gasteiger partial charge in [0.05, 0.1) is 13.0 Å². The van der Waals surface area contributed by atoms with Crippen LogP contribution in [0.5, 0.6) is 5.75 Å². The van der Waals surface area contributed by atoms with Gasteiger partial charge in [-0.1, -0.05) is 12.1 Å². The molecule has 2 amide bonds. The number of methoxy groups -OCH3 is 1. The van der Waals surface area contributed by atoms with Gasteiger partial charge in [0.15, 0.2) is 0 Å². The molecule has 5 heteroatoms. The normalized spacial score (nSPS) is 26.1. The van der Waals surface area contributed by atoms with Crippen LogP contribution in [0.3, 0.4) is 0 Å². The lowest BCUT2D eigenvalue weighted by Crippen LogP contribution is -2.37. The summed E-state index contributed by atoms with van der Waals surface area (Å²) >= 11 is 0. The maximum absolute atomic E-state index is 13.1. The quantitative estimate of drug-likeness (QED) is 0.843. The van der Waals surface area contributed by atoms with Crippen LogP contribution in [0.4, 0.5) is 0 Å². The van der Waals surface area contributed by atoms with Crippen LogP contribution in [0.15, 0.2) is 24.3 Å². The summed E-state index contributed by atoms with van der Waals surface area (Å²) in [4.78, 5) is 29.6. The molecule has 2 atom stereocenters. The molecule has 3 aliphatic rings. The Kier molecular flexibility index (Phi) is 4.40. The average Bonchev–Trinajstić information content (AvgIpc) is 3.18. The highest BCUT2D eigenvalue weighted by atomic mass is 16.5. The molecule has 1 aliphatic carbocycles. The number of hydrogen-bond acceptors (Lipinski definition) is 3. The van der Waals surface area contributed by atoms with Gasteiger partial charge < -0.3 is 14.5 Å². The van der Waals surface area contributed by atoms with Crippen molar-refractivity contribution in [3.63, 3.8) is 0 Å². The van der Waals surface area contributed by atoms with Gasteiger partial charge in [-0.3, -0.25) is 9.59 Å². The Morgan fingerprint density at radius 3 is 2.24 bits per heavy atom. The predicted octanol–water partition coefficient (Wildman–Crippen LogP) is 2.27. The molecule has 1 saturated carbocycles. The minimum Gasteiger partial charge on any atom is -0.497 e. The molecule has 0 radical (unpaired) electrons. The SMILES string of the molecule is COc1ccc(C2CN(C(=O)C3CC3)CC2C(=O)N2CCCC2)cc1. The zero-order valence-electron chi connectivity index (χ0n) is 14.8. The Bertz CT molecular complexity index is 647. The van der Waals surface area contributed by atoms with Crippen molar-refractivity contribution in [3.8, 4) is 5.75 Å². The molecule has 4 rings (SSSR count). The fourth-order valence-corrected chi connectivity index (χ4v) is 4.18. The standard InChI is InChI=1S/C20H26N2O3/c1-25-16-8-6-14(7-9-16)17-12-22(19(23)15-4-5-15)13-18(17)20(24)21-10-2-3-11-21/h6-9,15,17-18H,2-5,10-13H2,1H3. The number of carbonyl (C=O) groups is 2. The van der Waals surface area contributed by atoms with E-state index >= 15 is 0 Å². The molecule has 5 nitrogen and oxygen atoms in total. The minimum atomic E-state index is -0.116. The summed E-state index contributed by atoms with van der Waals surface area (Å²) in [6.45, 7) is 2.95. The van der Waals surface area contributed by atoms with Crippen LogP contribution in [0.2, 0.25) is 0 Å². The van der Waals surface area contributed by atoms with E-state index in [1.165, 1.54) is 0 Å². The van der Waals surface area contributed by atoms with Crippen molar-refractivity contribution in [1.82, 2.24) is 9.80 Å². The second kappa shape index (κ2) is 6.70. The van der Waals surface area contributed by atoms with E-state index in [1.54, 1.807) is 7.11 Å². The highest BCUT2D eigenvalue weighted by molar-refractivity contribution is 5.85. The van der Waals surface area contributed by atoms with Crippen molar-refractivity contribution in [1.29, 1.82) is 0 Å². The Labute approximate surface area is 148 Å². The van der Waals surface area contributed by atoms with Gasteiger partial charge in [-0.2, -0.15) is 0 Å². The largest absolute Gasteiger partial charge is 0.497 e. The maximum Gasteiger partial charge on any atom is 0.228 e. The molecular weight excluding hydrogens is 316 g/mol. The van der Waals surface area contributed by atoms with Crippen LogP contribution in [0, 0.1) is 11.8 Å². The molecule has 0 aromatic heterocycles. The number of carbonyl (C=O) groups excluding carboxylic acids is 2. The van der Waals surface area contributed by atoms with Gasteiger partial charge in [0, 0.05) is 38.0 Å². The van der Waals surface area contributed by atoms with Crippen LogP contribution in [0.25, 0.3) is 0 Å². The molecule has 25 heavy (non-hydrogen) atoms. The second-order valence-corrected chi connectivity index (χ2v) is 7.54. The molecule has 2 heterocycles. The first-order chi connectivity index (χ1) is 12.2. The van der Waals surface area contributed by atoms with Gasteiger partial charge in [0.1, 0.15) is 5.75 Å². The summed E-state index contributed by atoms with van der Waals surface area (Å²) in [5.41, 5.74) is 1.13. The first kappa shape index (κ1) is 16.4. The predicted molar refractivity (Wildman–Crippen MR) is 94.3 cm³/mol. The second-order valence-electron chi connectivity index (χ2n) is 7.54. The van der Waals surface area contributed by atoms with Crippen molar-refractivity contribution in [3.05, 3.63) is 29.8 Å². The lowest BCUT2D eigenvalue weighted by molar-refractivity contribution is -0.135. The number of benzene rings is 1. The summed E-state index contributed by atoms with van der Waals surface area (Å²) in [5.74, 6) is 1.46. The van der Waals surface area contributed by atoms with E-state index in [9.17, 15) is 9.59 Å². The first-order valence-electron chi connectivity index (χ1n) is 9.39. The van der Waals surface area contributed by atoms with Gasteiger partial charge in [0.2, 0.25) is 11.8 Å². The number of ether oxygens (including phenoxy) is 1. The number of likely N-dealkylation sites (tertiary alicyclic amines) is 2. The zero-order valence-corrected chi connectivity index (χ0v) is 14.8. The Hall–Kier alpha value is -2.04. The molecule has 1 aromatic carbocycles. The van der Waals surface area contributed by atoms with Crippen LogP contribution in [0.1, 0.15) is 37.2 Å². The summed E-state index contributed by atoms with van der Waals surface area (Å²) in [5, 5.41) is 0. The van der Waals surface area contributed by atoms with Crippen molar-refractivity contribution in [2.75, 3.05) is 33.3 Å². The molecule has 2 aliphatic heterocycles. The minimum absolute atomic E-state index is 0.0849. The van der Waals surface area contributed by atoms with Crippen molar-refractivity contribution in [2.45, 2.75) is 31.6 Å². The highest BCUT2D eigenvalue weighted by Crippen LogP contribution is 2.39. The third-order valence-corrected chi connectivity index (χ3v) is 5.84. The van der Waals surface area contributed by atoms with Gasteiger partial charge in [-0.25, -0.2) is 0 Å². The number of nitrogens with zero attached hydrogens (tertiary/aromatic N) is 2. The van der Waals surface area contributed by atoms with E-state index in [0.717, 1.165) is 50.1 Å². The monoisotopic (exact) mass is 342 g/mol. The zero-order chi connectivity index (χ0) is 17.4. The topological polar surface area (TPSA) is 49.9 Å². The van der Waals surface area contributed by atoms with E-state index < -0.39 is 0 Å². The summed E-state index contributed by atoms with van der Waals surface area (Å²) < 4.78 is 5.25. The summed E-state index contributed by atoms with van der Waals surface area (Å²) in [6, 6.07) is 7.97. The van der Waals surface area contributed by atoms with E-state index in [2.05, 4.69) is 0 Å². The fraction of sp³-hybridized carbons (Fsp3) is 0.600. The maximum atomic E-state index is 13.1. The van der Waals surface area contributed by atoms with E-state index in [4.69, 9.17) is 4.74 Å². The van der Waals surface area contributed by atoms with E-state index in [1.807, 2.05) is 34.1 Å². The lowest BCUT2D eigenvalue weighted by Gasteiger charge is -2.24. The van der Waals surface area contributed by atoms with Crippen LogP contribution in [-0.2, 0) is 9.59 Å². The lowest BCUT2D eigenvalue weighted by atomic mass is 9.88. The van der Waals surface area contributed by atoms with E-state index in [-0.39, 0.29) is 29.6 Å². The first-order valence-corrected chi connectivity index (χ1v) is 9.39. The fourth-order valence-electron chi connectivity index (χ4n) is 4.18. The Morgan fingerprint density at radius 2 is 1.64 bits per heavy atom. The Morgan fingerprint density at radius 1 is 0.960 bits per heavy atom. The molecule has 0 bridgehead atoms. The van der Waals surface area contributed by atoms with Crippen molar-refractivity contribution in [2.24, 2.45) is 11.8 Å². The molecule has 1 aromatic rings. The summed E-state index contributed by atoms with van der Waals surface area (Å²) in [7, 11) is 1.65. The van der Waals surface area contributed by atoms with Gasteiger partial charge in [-0.15, -0.1) is 0 Å². The molecule has 2 unspecified atom stereocenters. The third-order valence-electron chi connectivity index (χ3n) is 5.84. The number of rotatable bonds is 4. The van der Waals surface area contributed by atoms with Gasteiger partial charge in [0.25, 0.3) is 0 Å². The molecular formula is C20H26N2O3. The van der Waals surface area contributed by atoms with Crippen LogP contribution in [-0.4, -0.2) is 54.9 Å². The average molecular weight is 342 g/mol. The summed E-state index contributed by atoms with van der Waals surface area (Å²) in [6.07, 6.45) is 4.20.